The first kappa shape index (κ1) is 93.1. The highest BCUT2D eigenvalue weighted by Gasteiger charge is 2.53. The molecule has 8 aromatic rings. The van der Waals surface area contributed by atoms with E-state index in [-0.39, 0.29) is 36.4 Å². The Morgan fingerprint density at radius 1 is 0.472 bits per heavy atom. The highest BCUT2D eigenvalue weighted by molar-refractivity contribution is 6.63. The van der Waals surface area contributed by atoms with Gasteiger partial charge in [0.15, 0.2) is 13.6 Å². The number of hydrogen-bond donors (Lipinski definition) is 4. The van der Waals surface area contributed by atoms with Crippen LogP contribution in [0.1, 0.15) is 217 Å². The maximum absolute atomic E-state index is 12.9. The van der Waals surface area contributed by atoms with E-state index in [1.54, 1.807) is 31.3 Å². The fraction of sp³-hybridized carbons (Fsp3) is 0.481. The average molecular weight is 1670 g/mol. The molecule has 0 aromatic heterocycles. The Labute approximate surface area is 734 Å². The lowest BCUT2D eigenvalue weighted by molar-refractivity contribution is 0.00578. The van der Waals surface area contributed by atoms with Crippen molar-refractivity contribution in [1.82, 2.24) is 35.1 Å². The van der Waals surface area contributed by atoms with Crippen molar-refractivity contribution in [3.05, 3.63) is 266 Å². The first-order valence-corrected chi connectivity index (χ1v) is 45.5. The topological polar surface area (TPSA) is 179 Å². The Kier molecular flexibility index (Phi) is 32.7. The third-order valence-electron chi connectivity index (χ3n) is 27.3. The molecule has 4 aliphatic heterocycles. The number of aromatic hydroxyl groups is 2. The molecule has 7 aliphatic rings. The molecule has 18 nitrogen and oxygen atoms in total. The van der Waals surface area contributed by atoms with Gasteiger partial charge >= 0.3 is 13.2 Å². The third kappa shape index (κ3) is 23.0. The molecular weight excluding hydrogens is 1530 g/mol. The fourth-order valence-corrected chi connectivity index (χ4v) is 19.0. The van der Waals surface area contributed by atoms with Crippen LogP contribution in [-0.4, -0.2) is 184 Å². The van der Waals surface area contributed by atoms with Gasteiger partial charge in [0.05, 0.1) is 11.2 Å². The number of allylic oxidation sites excluding steroid dienone is 2. The monoisotopic (exact) mass is 1670 g/mol. The smallest absolute Gasteiger partial charge is 0.498 e. The molecule has 658 valence electrons. The summed E-state index contributed by atoms with van der Waals surface area (Å²) >= 11 is 0. The fourth-order valence-electron chi connectivity index (χ4n) is 19.0. The number of rotatable bonds is 27. The molecule has 1 unspecified atom stereocenters. The molecule has 19 heteroatoms. The molecule has 3 spiro atoms. The molecule has 2 amide bonds. The van der Waals surface area contributed by atoms with Crippen LogP contribution in [0, 0.1) is 16.2 Å². The minimum Gasteiger partial charge on any atom is -0.508 e. The third-order valence-corrected chi connectivity index (χ3v) is 27.3. The van der Waals surface area contributed by atoms with Crippen molar-refractivity contribution >= 4 is 35.7 Å². The highest BCUT2D eigenvalue weighted by atomic mass is 16.7. The number of benzene rings is 8. The molecule has 4 N–H and O–H groups in total. The Morgan fingerprint density at radius 3 is 1.49 bits per heavy atom. The van der Waals surface area contributed by atoms with Crippen LogP contribution in [0.25, 0.3) is 11.1 Å². The molecule has 4 saturated heterocycles. The predicted molar refractivity (Wildman–Crippen MR) is 497 cm³/mol. The summed E-state index contributed by atoms with van der Waals surface area (Å²) < 4.78 is 40.1. The summed E-state index contributed by atoms with van der Waals surface area (Å²) in [4.78, 5) is 36.3. The van der Waals surface area contributed by atoms with Crippen molar-refractivity contribution in [2.75, 3.05) is 119 Å². The second-order valence-electron chi connectivity index (χ2n) is 35.5. The van der Waals surface area contributed by atoms with Crippen molar-refractivity contribution in [3.8, 4) is 23.0 Å². The van der Waals surface area contributed by atoms with Crippen LogP contribution in [0.15, 0.2) is 188 Å². The van der Waals surface area contributed by atoms with E-state index < -0.39 is 18.3 Å². The Morgan fingerprint density at radius 2 is 0.951 bits per heavy atom. The molecule has 0 saturated carbocycles. The van der Waals surface area contributed by atoms with Gasteiger partial charge in [0.25, 0.3) is 5.91 Å². The number of ether oxygens (including phenoxy) is 5. The molecule has 0 bridgehead atoms. The van der Waals surface area contributed by atoms with Gasteiger partial charge in [-0.3, -0.25) is 19.5 Å². The van der Waals surface area contributed by atoms with Crippen LogP contribution in [0.3, 0.4) is 0 Å². The molecule has 8 aromatic carbocycles. The molecular formula is C104H138BN7O11. The summed E-state index contributed by atoms with van der Waals surface area (Å²) in [6, 6.07) is 60.8. The number of fused-ring (bicyclic) bond motifs is 3. The Hall–Kier alpha value is -9.12. The van der Waals surface area contributed by atoms with E-state index in [4.69, 9.17) is 33.0 Å². The highest BCUT2D eigenvalue weighted by Crippen LogP contribution is 2.53. The lowest BCUT2D eigenvalue weighted by Crippen LogP contribution is -2.44. The summed E-state index contributed by atoms with van der Waals surface area (Å²) in [5, 5.41) is 29.0. The maximum Gasteiger partial charge on any atom is 0.498 e. The van der Waals surface area contributed by atoms with Crippen molar-refractivity contribution in [1.29, 1.82) is 0 Å². The number of piperidine rings is 3. The standard InChI is InChI=1S/C35H42N2O4.C25H34N2O.C25H32N2O.C19H30BNO5/c1-4-36(5-2)24-28-15-16-31(33(21-28)41-26-39-3)32-23-35(22-29-13-9-10-14-30(29)32)17-19-37(20-18-35)34(38)40-25-27-11-7-6-8-12-27;2*1-3-27(4-2)18-19-9-10-22(24(28)15-19)23-17-25(11-13-26-14-12-25)16-20-7-5-6-8-21(20)23;1-8-21(9-2)17(22)14-10-11-15(16(12-14)24-13-23-7)20-25-18(3,4)19(5,6)26-20/h6-16,21,23H,4-5,17-20,22,24-26H2,1-3H3;5-10,15,23,26,28H,3-4,11-14,16-18H2,1-2H3;5-10,15,17,26,28H,3-4,11-14,16,18H2,1-2H3;10-12H,8-9,13H2,1-7H3. The van der Waals surface area contributed by atoms with Crippen LogP contribution < -0.4 is 25.6 Å². The maximum atomic E-state index is 12.9. The quantitative estimate of drug-likeness (QED) is 0.0282. The molecule has 15 rings (SSSR count). The van der Waals surface area contributed by atoms with Crippen LogP contribution in [0.2, 0.25) is 0 Å². The molecule has 3 aliphatic carbocycles. The van der Waals surface area contributed by atoms with Crippen LogP contribution in [-0.2, 0) is 69.0 Å². The van der Waals surface area contributed by atoms with E-state index in [1.807, 2.05) is 95.0 Å². The van der Waals surface area contributed by atoms with Gasteiger partial charge in [0, 0.05) is 93.7 Å². The summed E-state index contributed by atoms with van der Waals surface area (Å²) in [6.07, 6.45) is 15.7. The van der Waals surface area contributed by atoms with Crippen molar-refractivity contribution in [3.63, 3.8) is 0 Å². The van der Waals surface area contributed by atoms with Gasteiger partial charge in [-0.25, -0.2) is 4.79 Å². The van der Waals surface area contributed by atoms with E-state index in [1.165, 1.54) is 80.5 Å². The minimum atomic E-state index is -0.565. The summed E-state index contributed by atoms with van der Waals surface area (Å²) in [6.45, 7) is 41.4. The van der Waals surface area contributed by atoms with Gasteiger partial charge < -0.3 is 63.6 Å². The van der Waals surface area contributed by atoms with Gasteiger partial charge in [0.1, 0.15) is 29.6 Å². The molecule has 1 atom stereocenters. The Balaban J connectivity index is 0.000000153. The van der Waals surface area contributed by atoms with E-state index in [2.05, 4.69) is 194 Å². The number of carbonyl (C=O) groups excluding carboxylic acids is 2. The van der Waals surface area contributed by atoms with Gasteiger partial charge in [0.2, 0.25) is 0 Å². The lowest BCUT2D eigenvalue weighted by Gasteiger charge is -2.45. The van der Waals surface area contributed by atoms with E-state index >= 15 is 0 Å². The zero-order valence-electron chi connectivity index (χ0n) is 76.1. The largest absolute Gasteiger partial charge is 0.508 e. The number of nitrogens with zero attached hydrogens (tertiary/aromatic N) is 5. The number of carbonyl (C=O) groups is 2. The Bertz CT molecular complexity index is 4820. The van der Waals surface area contributed by atoms with Gasteiger partial charge in [-0.1, -0.05) is 199 Å². The predicted octanol–water partition coefficient (Wildman–Crippen LogP) is 18.6. The van der Waals surface area contributed by atoms with E-state index in [0.717, 1.165) is 163 Å². The number of phenolic OH excluding ortho intramolecular Hbond substituents is 2. The number of amides is 2. The first-order valence-electron chi connectivity index (χ1n) is 45.5. The summed E-state index contributed by atoms with van der Waals surface area (Å²) in [5.74, 6) is 2.51. The average Bonchev–Trinajstić information content (AvgIpc) is 1.75. The normalized spacial score (nSPS) is 18.0. The van der Waals surface area contributed by atoms with E-state index in [9.17, 15) is 19.8 Å². The van der Waals surface area contributed by atoms with Gasteiger partial charge in [-0.2, -0.15) is 0 Å². The van der Waals surface area contributed by atoms with Gasteiger partial charge in [-0.15, -0.1) is 0 Å². The number of methoxy groups -OCH3 is 2. The van der Waals surface area contributed by atoms with Crippen molar-refractivity contribution in [2.24, 2.45) is 16.2 Å². The van der Waals surface area contributed by atoms with Gasteiger partial charge in [-0.05, 0) is 285 Å². The summed E-state index contributed by atoms with van der Waals surface area (Å²) in [5.41, 5.74) is 19.3. The number of likely N-dealkylation sites (tertiary alicyclic amines) is 1. The minimum absolute atomic E-state index is 0.0294. The van der Waals surface area contributed by atoms with E-state index in [0.29, 0.717) is 66.9 Å². The SMILES string of the molecule is CCN(CC)C(=O)c1ccc(B2OC(C)(C)C(C)(C)O2)c(OCOC)c1.CCN(CC)Cc1ccc(C2=CC3(CCN(C(=O)OCc4ccccc4)CC3)Cc3ccccc32)c(OCOC)c1.CCN(CC)Cc1ccc(C2=CC3(CCNCC3)Cc3ccccc32)c(O)c1.CCN(CC)Cc1ccc(C2CC3(CCNCC3)Cc3ccccc32)c(O)c1. The molecule has 4 heterocycles. The summed E-state index contributed by atoms with van der Waals surface area (Å²) in [7, 11) is 2.64. The number of phenols is 2. The zero-order chi connectivity index (χ0) is 87.3. The molecule has 4 fully saturated rings. The van der Waals surface area contributed by atoms with Crippen LogP contribution in [0.4, 0.5) is 4.79 Å². The zero-order valence-corrected chi connectivity index (χ0v) is 76.1. The van der Waals surface area contributed by atoms with Crippen LogP contribution >= 0.6 is 0 Å². The lowest BCUT2D eigenvalue weighted by atomic mass is 9.61. The van der Waals surface area contributed by atoms with Crippen molar-refractivity contribution < 1.29 is 52.8 Å². The second kappa shape index (κ2) is 43.2. The number of hydrogen-bond acceptors (Lipinski definition) is 16. The molecule has 123 heavy (non-hydrogen) atoms. The second-order valence-corrected chi connectivity index (χ2v) is 35.5. The van der Waals surface area contributed by atoms with Crippen molar-refractivity contribution in [2.45, 2.75) is 191 Å². The first-order chi connectivity index (χ1) is 59.5. The van der Waals surface area contributed by atoms with Crippen LogP contribution in [0.5, 0.6) is 23.0 Å². The number of nitrogens with one attached hydrogen (secondary N) is 2. The molecule has 0 radical (unpaired) electrons.